The standard InChI is InChI=1S/C28H36N2O4/c1-28-15-24(34-20-8-5-18(6-9-20)29-26(33)16-30(2)3)27-21-11-7-19(31)14-17(21)4-10-22(27)23(28)12-13-25(28)32/h5-9,11,14,22-25,27,31-32H,4,10,12-13,15-16H2,1-3H3,(H,29,33)/t22-,23-,24-,25-,27+,28-/m0/s1. The molecule has 0 heterocycles. The number of likely N-dealkylation sites (N-methyl/N-ethyl adjacent to an activating group) is 1. The normalized spacial score (nSPS) is 32.0. The van der Waals surface area contributed by atoms with Gasteiger partial charge in [0.15, 0.2) is 0 Å². The van der Waals surface area contributed by atoms with E-state index >= 15 is 0 Å². The first-order chi connectivity index (χ1) is 16.2. The summed E-state index contributed by atoms with van der Waals surface area (Å²) in [6.45, 7) is 2.58. The fraction of sp³-hybridized carbons (Fsp3) is 0.536. The van der Waals surface area contributed by atoms with E-state index in [1.54, 1.807) is 6.07 Å². The largest absolute Gasteiger partial charge is 0.508 e. The molecular weight excluding hydrogens is 428 g/mol. The lowest BCUT2D eigenvalue weighted by Crippen LogP contribution is -2.51. The molecule has 2 saturated carbocycles. The summed E-state index contributed by atoms with van der Waals surface area (Å²) < 4.78 is 6.66. The van der Waals surface area contributed by atoms with Crippen LogP contribution in [0.3, 0.4) is 0 Å². The number of rotatable bonds is 5. The van der Waals surface area contributed by atoms with Crippen LogP contribution in [0.4, 0.5) is 5.69 Å². The number of phenols is 1. The maximum atomic E-state index is 12.1. The minimum absolute atomic E-state index is 0.0509. The molecule has 0 saturated heterocycles. The van der Waals surface area contributed by atoms with Gasteiger partial charge < -0.3 is 25.2 Å². The highest BCUT2D eigenvalue weighted by Crippen LogP contribution is 2.61. The third kappa shape index (κ3) is 4.18. The maximum Gasteiger partial charge on any atom is 0.238 e. The number of aryl methyl sites for hydroxylation is 1. The van der Waals surface area contributed by atoms with E-state index in [2.05, 4.69) is 18.3 Å². The Morgan fingerprint density at radius 2 is 1.91 bits per heavy atom. The molecule has 34 heavy (non-hydrogen) atoms. The van der Waals surface area contributed by atoms with Crippen molar-refractivity contribution in [2.45, 2.75) is 57.2 Å². The highest BCUT2D eigenvalue weighted by Gasteiger charge is 2.58. The molecule has 0 bridgehead atoms. The topological polar surface area (TPSA) is 82.0 Å². The van der Waals surface area contributed by atoms with Crippen molar-refractivity contribution in [2.75, 3.05) is 26.0 Å². The number of carbonyl (C=O) groups excluding carboxylic acids is 1. The minimum Gasteiger partial charge on any atom is -0.508 e. The molecule has 0 aromatic heterocycles. The number of amides is 1. The summed E-state index contributed by atoms with van der Waals surface area (Å²) in [4.78, 5) is 13.9. The molecule has 0 aliphatic heterocycles. The van der Waals surface area contributed by atoms with Gasteiger partial charge in [-0.3, -0.25) is 4.79 Å². The van der Waals surface area contributed by atoms with Gasteiger partial charge in [0.25, 0.3) is 0 Å². The number of ether oxygens (including phenoxy) is 1. The van der Waals surface area contributed by atoms with E-state index < -0.39 is 0 Å². The first-order valence-corrected chi connectivity index (χ1v) is 12.5. The fourth-order valence-corrected chi connectivity index (χ4v) is 6.98. The average Bonchev–Trinajstić information content (AvgIpc) is 3.08. The molecule has 3 aliphatic carbocycles. The van der Waals surface area contributed by atoms with Crippen LogP contribution in [-0.2, 0) is 11.2 Å². The summed E-state index contributed by atoms with van der Waals surface area (Å²) in [5.74, 6) is 2.23. The van der Waals surface area contributed by atoms with Gasteiger partial charge in [0.2, 0.25) is 5.91 Å². The summed E-state index contributed by atoms with van der Waals surface area (Å²) in [6.07, 6.45) is 4.41. The van der Waals surface area contributed by atoms with Gasteiger partial charge >= 0.3 is 0 Å². The highest BCUT2D eigenvalue weighted by atomic mass is 16.5. The Labute approximate surface area is 201 Å². The lowest BCUT2D eigenvalue weighted by molar-refractivity contribution is -0.116. The zero-order valence-electron chi connectivity index (χ0n) is 20.3. The fourth-order valence-electron chi connectivity index (χ4n) is 6.98. The Morgan fingerprint density at radius 3 is 2.65 bits per heavy atom. The number of hydrogen-bond donors (Lipinski definition) is 3. The lowest BCUT2D eigenvalue weighted by Gasteiger charge is -2.53. The Kier molecular flexibility index (Phi) is 6.07. The van der Waals surface area contributed by atoms with Crippen LogP contribution in [0.5, 0.6) is 11.5 Å². The van der Waals surface area contributed by atoms with Crippen molar-refractivity contribution in [3.05, 3.63) is 53.6 Å². The number of nitrogens with one attached hydrogen (secondary N) is 1. The second-order valence-electron chi connectivity index (χ2n) is 11.0. The number of nitrogens with zero attached hydrogens (tertiary/aromatic N) is 1. The molecule has 6 atom stereocenters. The summed E-state index contributed by atoms with van der Waals surface area (Å²) in [5.41, 5.74) is 3.11. The van der Waals surface area contributed by atoms with Gasteiger partial charge in [0, 0.05) is 17.0 Å². The van der Waals surface area contributed by atoms with Crippen LogP contribution in [0, 0.1) is 17.3 Å². The third-order valence-electron chi connectivity index (χ3n) is 8.50. The van der Waals surface area contributed by atoms with Crippen molar-refractivity contribution in [1.82, 2.24) is 4.90 Å². The smallest absolute Gasteiger partial charge is 0.238 e. The first-order valence-electron chi connectivity index (χ1n) is 12.5. The molecule has 2 aromatic rings. The SMILES string of the molecule is CN(C)CC(=O)Nc1ccc(O[C@H]2C[C@]3(C)[C@@H](O)CC[C@H]3[C@@H]3CCc4cc(O)ccc4[C@H]32)cc1. The highest BCUT2D eigenvalue weighted by molar-refractivity contribution is 5.92. The predicted octanol–water partition coefficient (Wildman–Crippen LogP) is 4.17. The molecule has 3 N–H and O–H groups in total. The molecule has 3 aliphatic rings. The number of aromatic hydroxyl groups is 1. The molecule has 1 amide bonds. The van der Waals surface area contributed by atoms with Gasteiger partial charge in [-0.1, -0.05) is 13.0 Å². The predicted molar refractivity (Wildman–Crippen MR) is 132 cm³/mol. The van der Waals surface area contributed by atoms with Crippen LogP contribution in [0.25, 0.3) is 0 Å². The number of phenolic OH excluding ortho intramolecular Hbond substituents is 1. The van der Waals surface area contributed by atoms with Gasteiger partial charge in [-0.25, -0.2) is 0 Å². The number of benzene rings is 2. The number of fused-ring (bicyclic) bond motifs is 5. The summed E-state index contributed by atoms with van der Waals surface area (Å²) in [6, 6.07) is 13.4. The molecule has 5 rings (SSSR count). The van der Waals surface area contributed by atoms with Crippen molar-refractivity contribution in [2.24, 2.45) is 17.3 Å². The Hall–Kier alpha value is -2.57. The second-order valence-corrected chi connectivity index (χ2v) is 11.0. The van der Waals surface area contributed by atoms with Crippen molar-refractivity contribution in [3.63, 3.8) is 0 Å². The molecule has 6 nitrogen and oxygen atoms in total. The number of carbonyl (C=O) groups is 1. The average molecular weight is 465 g/mol. The van der Waals surface area contributed by atoms with E-state index in [1.807, 2.05) is 49.3 Å². The molecule has 2 fully saturated rings. The minimum atomic E-state index is -0.292. The number of aliphatic hydroxyl groups excluding tert-OH is 1. The van der Waals surface area contributed by atoms with E-state index in [-0.39, 0.29) is 29.4 Å². The molecule has 0 spiro atoms. The van der Waals surface area contributed by atoms with Crippen molar-refractivity contribution >= 4 is 11.6 Å². The third-order valence-corrected chi connectivity index (χ3v) is 8.50. The molecule has 182 valence electrons. The summed E-state index contributed by atoms with van der Waals surface area (Å²) in [7, 11) is 3.73. The van der Waals surface area contributed by atoms with Crippen molar-refractivity contribution in [3.8, 4) is 11.5 Å². The van der Waals surface area contributed by atoms with E-state index in [9.17, 15) is 15.0 Å². The summed E-state index contributed by atoms with van der Waals surface area (Å²) in [5, 5.41) is 23.9. The molecular formula is C28H36N2O4. The molecule has 0 radical (unpaired) electrons. The Morgan fingerprint density at radius 1 is 1.15 bits per heavy atom. The molecule has 6 heteroatoms. The van der Waals surface area contributed by atoms with Gasteiger partial charge in [-0.15, -0.1) is 0 Å². The zero-order chi connectivity index (χ0) is 24.0. The first kappa shape index (κ1) is 23.2. The van der Waals surface area contributed by atoms with Crippen molar-refractivity contribution in [1.29, 1.82) is 0 Å². The Balaban J connectivity index is 1.41. The number of hydrogen-bond acceptors (Lipinski definition) is 5. The monoisotopic (exact) mass is 464 g/mol. The number of aliphatic hydroxyl groups is 1. The maximum absolute atomic E-state index is 12.1. The van der Waals surface area contributed by atoms with E-state index in [4.69, 9.17) is 4.74 Å². The van der Waals surface area contributed by atoms with Crippen LogP contribution in [0.2, 0.25) is 0 Å². The van der Waals surface area contributed by atoms with Crippen LogP contribution in [0.15, 0.2) is 42.5 Å². The van der Waals surface area contributed by atoms with Crippen LogP contribution in [-0.4, -0.2) is 53.9 Å². The van der Waals surface area contributed by atoms with Gasteiger partial charge in [-0.2, -0.15) is 0 Å². The number of anilines is 1. The van der Waals surface area contributed by atoms with Crippen molar-refractivity contribution < 1.29 is 19.7 Å². The van der Waals surface area contributed by atoms with E-state index in [0.29, 0.717) is 24.1 Å². The summed E-state index contributed by atoms with van der Waals surface area (Å²) >= 11 is 0. The molecule has 0 unspecified atom stereocenters. The Bertz CT molecular complexity index is 1050. The van der Waals surface area contributed by atoms with Gasteiger partial charge in [0.1, 0.15) is 17.6 Å². The van der Waals surface area contributed by atoms with E-state index in [1.165, 1.54) is 11.1 Å². The zero-order valence-corrected chi connectivity index (χ0v) is 20.3. The molecule has 2 aromatic carbocycles. The lowest BCUT2D eigenvalue weighted by atomic mass is 9.54. The van der Waals surface area contributed by atoms with E-state index in [0.717, 1.165) is 43.5 Å². The van der Waals surface area contributed by atoms with Crippen LogP contribution >= 0.6 is 0 Å². The van der Waals surface area contributed by atoms with Crippen LogP contribution in [0.1, 0.15) is 49.7 Å². The van der Waals surface area contributed by atoms with Crippen LogP contribution < -0.4 is 10.1 Å². The second kappa shape index (κ2) is 8.90. The van der Waals surface area contributed by atoms with Gasteiger partial charge in [0.05, 0.1) is 12.6 Å². The quantitative estimate of drug-likeness (QED) is 0.619. The van der Waals surface area contributed by atoms with Gasteiger partial charge in [-0.05, 0) is 106 Å².